The van der Waals surface area contributed by atoms with Gasteiger partial charge in [0.25, 0.3) is 5.91 Å². The second-order valence-corrected chi connectivity index (χ2v) is 8.09. The summed E-state index contributed by atoms with van der Waals surface area (Å²) >= 11 is 0. The summed E-state index contributed by atoms with van der Waals surface area (Å²) in [6.07, 6.45) is 1.77. The van der Waals surface area contributed by atoms with E-state index in [1.807, 2.05) is 13.8 Å². The molecule has 0 spiro atoms. The maximum Gasteiger partial charge on any atom is 0.251 e. The Morgan fingerprint density at radius 2 is 1.76 bits per heavy atom. The van der Waals surface area contributed by atoms with Crippen molar-refractivity contribution in [3.8, 4) is 0 Å². The molecular formula is C19H19NO4S. The Hall–Kier alpha value is -2.47. The molecule has 3 rings (SSSR count). The molecule has 5 nitrogen and oxygen atoms in total. The zero-order valence-corrected chi connectivity index (χ0v) is 14.9. The van der Waals surface area contributed by atoms with Crippen molar-refractivity contribution in [2.24, 2.45) is 0 Å². The highest BCUT2D eigenvalue weighted by Crippen LogP contribution is 2.34. The van der Waals surface area contributed by atoms with Gasteiger partial charge in [-0.1, -0.05) is 25.5 Å². The molecule has 0 radical (unpaired) electrons. The van der Waals surface area contributed by atoms with E-state index in [1.54, 1.807) is 12.1 Å². The summed E-state index contributed by atoms with van der Waals surface area (Å²) in [6.45, 7) is 3.92. The second kappa shape index (κ2) is 6.44. The molecule has 0 aliphatic carbocycles. The molecule has 6 heteroatoms. The average Bonchev–Trinajstić information content (AvgIpc) is 2.60. The number of nitrogens with one attached hydrogen (secondary N) is 1. The van der Waals surface area contributed by atoms with Gasteiger partial charge >= 0.3 is 0 Å². The normalized spacial score (nSPS) is 15.8. The molecule has 1 aliphatic heterocycles. The van der Waals surface area contributed by atoms with E-state index in [1.165, 1.54) is 30.3 Å². The molecule has 1 N–H and O–H groups in total. The smallest absolute Gasteiger partial charge is 0.251 e. The quantitative estimate of drug-likeness (QED) is 0.778. The van der Waals surface area contributed by atoms with E-state index in [0.29, 0.717) is 0 Å². The molecular weight excluding hydrogens is 338 g/mol. The number of hydrogen-bond donors (Lipinski definition) is 1. The Bertz CT molecular complexity index is 963. The minimum atomic E-state index is -3.83. The lowest BCUT2D eigenvalue weighted by Gasteiger charge is -2.19. The van der Waals surface area contributed by atoms with Crippen molar-refractivity contribution in [1.82, 2.24) is 5.32 Å². The maximum absolute atomic E-state index is 12.9. The number of benzene rings is 2. The van der Waals surface area contributed by atoms with E-state index in [9.17, 15) is 18.0 Å². The van der Waals surface area contributed by atoms with Crippen molar-refractivity contribution >= 4 is 21.5 Å². The van der Waals surface area contributed by atoms with Crippen LogP contribution in [-0.4, -0.2) is 26.2 Å². The SMILES string of the molecule is CCC[C@@H](C)NC(=O)c1ccc2c(c1)S(=O)(=O)c1ccccc1C2=O. The van der Waals surface area contributed by atoms with Gasteiger partial charge in [0.05, 0.1) is 9.79 Å². The maximum atomic E-state index is 12.9. The molecule has 0 saturated heterocycles. The fraction of sp³-hybridized carbons (Fsp3) is 0.263. The molecule has 0 fully saturated rings. The molecule has 130 valence electrons. The van der Waals surface area contributed by atoms with Crippen molar-refractivity contribution in [3.05, 3.63) is 59.2 Å². The Balaban J connectivity index is 2.04. The van der Waals surface area contributed by atoms with Gasteiger partial charge in [-0.05, 0) is 43.7 Å². The summed E-state index contributed by atoms with van der Waals surface area (Å²) in [5.41, 5.74) is 0.512. The van der Waals surface area contributed by atoms with Gasteiger partial charge in [-0.2, -0.15) is 0 Å². The molecule has 1 aliphatic rings. The van der Waals surface area contributed by atoms with Crippen LogP contribution in [0, 0.1) is 0 Å². The molecule has 1 heterocycles. The van der Waals surface area contributed by atoms with E-state index in [-0.39, 0.29) is 44.2 Å². The first-order valence-electron chi connectivity index (χ1n) is 8.20. The van der Waals surface area contributed by atoms with Crippen LogP contribution in [0.2, 0.25) is 0 Å². The van der Waals surface area contributed by atoms with Crippen LogP contribution in [0.5, 0.6) is 0 Å². The highest BCUT2D eigenvalue weighted by Gasteiger charge is 2.35. The van der Waals surface area contributed by atoms with Gasteiger partial charge in [-0.3, -0.25) is 9.59 Å². The van der Waals surface area contributed by atoms with Crippen LogP contribution in [-0.2, 0) is 9.84 Å². The van der Waals surface area contributed by atoms with Gasteiger partial charge in [0.2, 0.25) is 9.84 Å². The number of ketones is 1. The van der Waals surface area contributed by atoms with Crippen LogP contribution >= 0.6 is 0 Å². The first-order valence-corrected chi connectivity index (χ1v) is 9.68. The molecule has 25 heavy (non-hydrogen) atoms. The summed E-state index contributed by atoms with van der Waals surface area (Å²) in [5.74, 6) is -0.683. The van der Waals surface area contributed by atoms with Crippen molar-refractivity contribution in [2.75, 3.05) is 0 Å². The van der Waals surface area contributed by atoms with Gasteiger partial charge in [0.1, 0.15) is 0 Å². The van der Waals surface area contributed by atoms with Gasteiger partial charge < -0.3 is 5.32 Å². The third kappa shape index (κ3) is 2.98. The zero-order valence-electron chi connectivity index (χ0n) is 14.1. The van der Waals surface area contributed by atoms with Crippen molar-refractivity contribution < 1.29 is 18.0 Å². The minimum Gasteiger partial charge on any atom is -0.350 e. The van der Waals surface area contributed by atoms with E-state index in [2.05, 4.69) is 5.32 Å². The highest BCUT2D eigenvalue weighted by molar-refractivity contribution is 7.91. The minimum absolute atomic E-state index is 0.00695. The predicted molar refractivity (Wildman–Crippen MR) is 93.6 cm³/mol. The zero-order chi connectivity index (χ0) is 18.2. The van der Waals surface area contributed by atoms with Gasteiger partial charge in [-0.25, -0.2) is 8.42 Å². The van der Waals surface area contributed by atoms with E-state index >= 15 is 0 Å². The van der Waals surface area contributed by atoms with Crippen LogP contribution in [0.25, 0.3) is 0 Å². The number of carbonyl (C=O) groups excluding carboxylic acids is 2. The topological polar surface area (TPSA) is 80.3 Å². The fourth-order valence-corrected chi connectivity index (χ4v) is 4.72. The summed E-state index contributed by atoms with van der Waals surface area (Å²) in [6, 6.07) is 10.3. The van der Waals surface area contributed by atoms with Crippen LogP contribution in [0.3, 0.4) is 0 Å². The summed E-state index contributed by atoms with van der Waals surface area (Å²) < 4.78 is 25.7. The lowest BCUT2D eigenvalue weighted by atomic mass is 10.0. The van der Waals surface area contributed by atoms with Crippen LogP contribution < -0.4 is 5.32 Å². The van der Waals surface area contributed by atoms with Crippen LogP contribution in [0.15, 0.2) is 52.3 Å². The Morgan fingerprint density at radius 1 is 1.08 bits per heavy atom. The average molecular weight is 357 g/mol. The molecule has 1 amide bonds. The monoisotopic (exact) mass is 357 g/mol. The second-order valence-electron chi connectivity index (χ2n) is 6.20. The molecule has 2 aromatic carbocycles. The number of rotatable bonds is 4. The first kappa shape index (κ1) is 17.4. The largest absolute Gasteiger partial charge is 0.350 e. The number of fused-ring (bicyclic) bond motifs is 2. The first-order chi connectivity index (χ1) is 11.9. The Kier molecular flexibility index (Phi) is 4.47. The lowest BCUT2D eigenvalue weighted by Crippen LogP contribution is -2.32. The van der Waals surface area contributed by atoms with Crippen molar-refractivity contribution in [3.63, 3.8) is 0 Å². The molecule has 1 atom stereocenters. The van der Waals surface area contributed by atoms with Crippen LogP contribution in [0.4, 0.5) is 0 Å². The third-order valence-corrected chi connectivity index (χ3v) is 6.15. The van der Waals surface area contributed by atoms with E-state index in [4.69, 9.17) is 0 Å². The van der Waals surface area contributed by atoms with Gasteiger partial charge in [0, 0.05) is 22.7 Å². The summed E-state index contributed by atoms with van der Waals surface area (Å²) in [4.78, 5) is 24.8. The molecule has 0 bridgehead atoms. The third-order valence-electron chi connectivity index (χ3n) is 4.30. The van der Waals surface area contributed by atoms with E-state index < -0.39 is 9.84 Å². The summed E-state index contributed by atoms with van der Waals surface area (Å²) in [5, 5.41) is 2.84. The molecule has 0 saturated carbocycles. The van der Waals surface area contributed by atoms with Crippen LogP contribution in [0.1, 0.15) is 53.0 Å². The Labute approximate surface area is 147 Å². The highest BCUT2D eigenvalue weighted by atomic mass is 32.2. The van der Waals surface area contributed by atoms with Gasteiger partial charge in [0.15, 0.2) is 5.78 Å². The number of hydrogen-bond acceptors (Lipinski definition) is 4. The fourth-order valence-electron chi connectivity index (χ4n) is 3.04. The summed E-state index contributed by atoms with van der Waals surface area (Å²) in [7, 11) is -3.83. The number of sulfone groups is 1. The van der Waals surface area contributed by atoms with E-state index in [0.717, 1.165) is 12.8 Å². The molecule has 0 unspecified atom stereocenters. The van der Waals surface area contributed by atoms with Crippen molar-refractivity contribution in [1.29, 1.82) is 0 Å². The lowest BCUT2D eigenvalue weighted by molar-refractivity contribution is 0.0936. The molecule has 2 aromatic rings. The number of amides is 1. The molecule has 0 aromatic heterocycles. The standard InChI is InChI=1S/C19H19NO4S/c1-3-6-12(2)20-19(22)13-9-10-15-17(11-13)25(23,24)16-8-5-4-7-14(16)18(15)21/h4-5,7-12H,3,6H2,1-2H3,(H,20,22)/t12-/m1/s1. The van der Waals surface area contributed by atoms with Crippen molar-refractivity contribution in [2.45, 2.75) is 42.5 Å². The number of carbonyl (C=O) groups is 2. The predicted octanol–water partition coefficient (Wildman–Crippen LogP) is 2.98. The Morgan fingerprint density at radius 3 is 2.48 bits per heavy atom. The van der Waals surface area contributed by atoms with Gasteiger partial charge in [-0.15, -0.1) is 0 Å².